The van der Waals surface area contributed by atoms with Gasteiger partial charge in [-0.05, 0) is 53.8 Å². The van der Waals surface area contributed by atoms with E-state index in [-0.39, 0.29) is 47.7 Å². The van der Waals surface area contributed by atoms with Gasteiger partial charge in [0.15, 0.2) is 17.5 Å². The number of amides is 1. The van der Waals surface area contributed by atoms with Crippen molar-refractivity contribution in [1.29, 1.82) is 5.41 Å². The standard InChI is InChI=1S/C29H34N4O5/c1-6-38-24-13-19-15-32(28(30)20(19)11-18(24)14-25(35)31-5)16-23(34)17-7-8-22(21(12-17)29(2,3)4)33-26(36)9-10-27(33)37/h7-13,30,36-37H,6,14-16H2,1-5H3,(H,31,35). The average Bonchev–Trinajstić information content (AvgIpc) is 3.35. The number of carbonyl (C=O) groups is 2. The van der Waals surface area contributed by atoms with Gasteiger partial charge >= 0.3 is 0 Å². The van der Waals surface area contributed by atoms with Crippen molar-refractivity contribution < 1.29 is 24.5 Å². The topological polar surface area (TPSA) is 128 Å². The number of Topliss-reactive ketones (excluding diaryl/α,β-unsaturated/α-hetero) is 1. The summed E-state index contributed by atoms with van der Waals surface area (Å²) in [4.78, 5) is 27.1. The average molecular weight is 519 g/mol. The van der Waals surface area contributed by atoms with Gasteiger partial charge in [-0.25, -0.2) is 0 Å². The summed E-state index contributed by atoms with van der Waals surface area (Å²) in [7, 11) is 1.58. The molecule has 9 heteroatoms. The van der Waals surface area contributed by atoms with E-state index in [1.165, 1.54) is 16.7 Å². The Morgan fingerprint density at radius 3 is 2.37 bits per heavy atom. The van der Waals surface area contributed by atoms with Crippen molar-refractivity contribution in [1.82, 2.24) is 14.8 Å². The van der Waals surface area contributed by atoms with Gasteiger partial charge in [0, 0.05) is 42.4 Å². The third kappa shape index (κ3) is 5.09. The van der Waals surface area contributed by atoms with E-state index in [2.05, 4.69) is 5.32 Å². The van der Waals surface area contributed by atoms with E-state index in [1.807, 2.05) is 39.8 Å². The van der Waals surface area contributed by atoms with Crippen LogP contribution in [0.5, 0.6) is 17.5 Å². The molecule has 200 valence electrons. The number of amidine groups is 1. The number of rotatable bonds is 8. The number of aromatic nitrogens is 1. The summed E-state index contributed by atoms with van der Waals surface area (Å²) in [6.07, 6.45) is 0.139. The minimum Gasteiger partial charge on any atom is -0.494 e. The molecule has 4 rings (SSSR count). The zero-order valence-electron chi connectivity index (χ0n) is 22.4. The number of likely N-dealkylation sites (N-methyl/N-ethyl adjacent to an activating group) is 1. The normalized spacial score (nSPS) is 13.0. The molecule has 0 bridgehead atoms. The van der Waals surface area contributed by atoms with Crippen LogP contribution in [0.4, 0.5) is 0 Å². The van der Waals surface area contributed by atoms with Gasteiger partial charge in [-0.15, -0.1) is 0 Å². The number of ether oxygens (including phenoxy) is 1. The van der Waals surface area contributed by atoms with Crippen molar-refractivity contribution in [3.8, 4) is 23.2 Å². The second-order valence-corrected chi connectivity index (χ2v) is 10.4. The molecule has 3 aromatic rings. The molecule has 0 fully saturated rings. The van der Waals surface area contributed by atoms with Crippen LogP contribution in [0.2, 0.25) is 0 Å². The van der Waals surface area contributed by atoms with Gasteiger partial charge in [0.2, 0.25) is 5.91 Å². The Labute approximate surface area is 222 Å². The van der Waals surface area contributed by atoms with E-state index in [1.54, 1.807) is 30.1 Å². The summed E-state index contributed by atoms with van der Waals surface area (Å²) < 4.78 is 7.10. The fourth-order valence-electron chi connectivity index (χ4n) is 4.73. The molecule has 9 nitrogen and oxygen atoms in total. The molecule has 2 aromatic carbocycles. The highest BCUT2D eigenvalue weighted by Gasteiger charge is 2.29. The van der Waals surface area contributed by atoms with Crippen molar-refractivity contribution >= 4 is 17.5 Å². The third-order valence-electron chi connectivity index (χ3n) is 6.69. The van der Waals surface area contributed by atoms with E-state index in [0.717, 1.165) is 11.1 Å². The predicted octanol–water partition coefficient (Wildman–Crippen LogP) is 3.90. The van der Waals surface area contributed by atoms with Crippen LogP contribution in [0.25, 0.3) is 5.69 Å². The van der Waals surface area contributed by atoms with E-state index >= 15 is 0 Å². The van der Waals surface area contributed by atoms with Crippen LogP contribution < -0.4 is 10.1 Å². The first-order valence-electron chi connectivity index (χ1n) is 12.5. The van der Waals surface area contributed by atoms with Crippen LogP contribution in [0.15, 0.2) is 42.5 Å². The van der Waals surface area contributed by atoms with Gasteiger partial charge < -0.3 is 25.2 Å². The maximum atomic E-state index is 13.4. The van der Waals surface area contributed by atoms with Crippen molar-refractivity contribution in [2.45, 2.75) is 46.1 Å². The van der Waals surface area contributed by atoms with E-state index in [9.17, 15) is 19.8 Å². The summed E-state index contributed by atoms with van der Waals surface area (Å²) in [5, 5.41) is 31.9. The summed E-state index contributed by atoms with van der Waals surface area (Å²) in [5.74, 6) is 0.329. The predicted molar refractivity (Wildman–Crippen MR) is 145 cm³/mol. The molecule has 1 aliphatic heterocycles. The number of carbonyl (C=O) groups excluding carboxylic acids is 2. The lowest BCUT2D eigenvalue weighted by Gasteiger charge is -2.25. The molecule has 0 saturated carbocycles. The van der Waals surface area contributed by atoms with Crippen molar-refractivity contribution in [3.63, 3.8) is 0 Å². The van der Waals surface area contributed by atoms with E-state index in [4.69, 9.17) is 10.1 Å². The van der Waals surface area contributed by atoms with Gasteiger partial charge in [0.05, 0.1) is 25.3 Å². The van der Waals surface area contributed by atoms with Crippen molar-refractivity contribution in [2.24, 2.45) is 0 Å². The minimum atomic E-state index is -0.387. The maximum Gasteiger partial charge on any atom is 0.224 e. The molecular weight excluding hydrogens is 484 g/mol. The highest BCUT2D eigenvalue weighted by molar-refractivity contribution is 6.05. The van der Waals surface area contributed by atoms with Crippen LogP contribution in [0, 0.1) is 5.41 Å². The minimum absolute atomic E-state index is 0.00517. The van der Waals surface area contributed by atoms with Gasteiger partial charge in [-0.3, -0.25) is 19.6 Å². The number of ketones is 1. The van der Waals surface area contributed by atoms with E-state index < -0.39 is 0 Å². The molecule has 0 spiro atoms. The fourth-order valence-corrected chi connectivity index (χ4v) is 4.73. The second-order valence-electron chi connectivity index (χ2n) is 10.4. The van der Waals surface area contributed by atoms with Gasteiger partial charge in [0.1, 0.15) is 11.6 Å². The number of nitrogens with zero attached hydrogens (tertiary/aromatic N) is 2. The highest BCUT2D eigenvalue weighted by Crippen LogP contribution is 2.36. The van der Waals surface area contributed by atoms with Gasteiger partial charge in [-0.1, -0.05) is 20.8 Å². The summed E-state index contributed by atoms with van der Waals surface area (Å²) in [6, 6.07) is 11.7. The fraction of sp³-hybridized carbons (Fsp3) is 0.345. The summed E-state index contributed by atoms with van der Waals surface area (Å²) >= 11 is 0. The lowest BCUT2D eigenvalue weighted by Crippen LogP contribution is -2.30. The Hall–Kier alpha value is -4.27. The molecule has 0 atom stereocenters. The Morgan fingerprint density at radius 2 is 1.76 bits per heavy atom. The second kappa shape index (κ2) is 10.2. The van der Waals surface area contributed by atoms with Gasteiger partial charge in [0.25, 0.3) is 0 Å². The first kappa shape index (κ1) is 26.8. The molecule has 2 heterocycles. The Balaban J connectivity index is 1.61. The molecule has 0 saturated heterocycles. The van der Waals surface area contributed by atoms with E-state index in [0.29, 0.717) is 41.3 Å². The van der Waals surface area contributed by atoms with Crippen LogP contribution in [0.1, 0.15) is 60.3 Å². The van der Waals surface area contributed by atoms with Crippen LogP contribution >= 0.6 is 0 Å². The van der Waals surface area contributed by atoms with Crippen LogP contribution in [-0.4, -0.2) is 57.4 Å². The van der Waals surface area contributed by atoms with Crippen molar-refractivity contribution in [3.05, 3.63) is 70.3 Å². The summed E-state index contributed by atoms with van der Waals surface area (Å²) in [6.45, 7) is 8.70. The monoisotopic (exact) mass is 518 g/mol. The molecule has 1 amide bonds. The molecule has 1 aliphatic rings. The maximum absolute atomic E-state index is 13.4. The van der Waals surface area contributed by atoms with Gasteiger partial charge in [-0.2, -0.15) is 0 Å². The molecular formula is C29H34N4O5. The zero-order chi connectivity index (χ0) is 27.8. The number of aromatic hydroxyl groups is 2. The molecule has 1 aromatic heterocycles. The lowest BCUT2D eigenvalue weighted by atomic mass is 9.84. The molecule has 0 aliphatic carbocycles. The third-order valence-corrected chi connectivity index (χ3v) is 6.69. The highest BCUT2D eigenvalue weighted by atomic mass is 16.5. The Bertz CT molecular complexity index is 1400. The lowest BCUT2D eigenvalue weighted by molar-refractivity contribution is -0.119. The smallest absolute Gasteiger partial charge is 0.224 e. The molecule has 0 unspecified atom stereocenters. The Kier molecular flexibility index (Phi) is 7.22. The largest absolute Gasteiger partial charge is 0.494 e. The Morgan fingerprint density at radius 1 is 1.08 bits per heavy atom. The summed E-state index contributed by atoms with van der Waals surface area (Å²) in [5.41, 5.74) is 3.71. The molecule has 0 radical (unpaired) electrons. The first-order valence-corrected chi connectivity index (χ1v) is 12.5. The number of nitrogens with one attached hydrogen (secondary N) is 2. The number of hydrogen-bond acceptors (Lipinski definition) is 6. The number of hydrogen-bond donors (Lipinski definition) is 4. The molecule has 38 heavy (non-hydrogen) atoms. The van der Waals surface area contributed by atoms with Crippen LogP contribution in [0.3, 0.4) is 0 Å². The first-order chi connectivity index (χ1) is 17.9. The SMILES string of the molecule is CCOc1cc2c(cc1CC(=O)NC)C(=N)N(CC(=O)c1ccc(-n3c(O)ccc3O)c(C(C)(C)C)c1)C2. The number of benzene rings is 2. The number of fused-ring (bicyclic) bond motifs is 1. The van der Waals surface area contributed by atoms with Crippen LogP contribution in [-0.2, 0) is 23.2 Å². The molecule has 4 N–H and O–H groups in total. The van der Waals surface area contributed by atoms with Crippen molar-refractivity contribution in [2.75, 3.05) is 20.2 Å². The quantitative estimate of drug-likeness (QED) is 0.335. The zero-order valence-corrected chi connectivity index (χ0v) is 22.4.